The molecule has 1 heterocycles. The number of aryl methyl sites for hydroxylation is 1. The maximum atomic E-state index is 12.4. The highest BCUT2D eigenvalue weighted by atomic mass is 16.2. The van der Waals surface area contributed by atoms with Gasteiger partial charge < -0.3 is 10.6 Å². The molecule has 1 aromatic rings. The minimum absolute atomic E-state index is 0.0959. The molecule has 0 saturated heterocycles. The predicted octanol–water partition coefficient (Wildman–Crippen LogP) is 1.87. The molecule has 2 atom stereocenters. The van der Waals surface area contributed by atoms with E-state index < -0.39 is 0 Å². The lowest BCUT2D eigenvalue weighted by atomic mass is 9.85. The van der Waals surface area contributed by atoms with Gasteiger partial charge in [0.1, 0.15) is 0 Å². The normalized spacial score (nSPS) is 23.1. The Morgan fingerprint density at radius 3 is 2.95 bits per heavy atom. The van der Waals surface area contributed by atoms with Crippen LogP contribution in [-0.4, -0.2) is 28.9 Å². The number of pyridine rings is 1. The molecule has 4 nitrogen and oxygen atoms in total. The van der Waals surface area contributed by atoms with Crippen LogP contribution in [0, 0.1) is 12.8 Å². The van der Waals surface area contributed by atoms with Gasteiger partial charge in [-0.15, -0.1) is 0 Å². The van der Waals surface area contributed by atoms with Crippen molar-refractivity contribution in [3.63, 3.8) is 0 Å². The number of carbonyl (C=O) groups excluding carboxylic acids is 1. The lowest BCUT2D eigenvalue weighted by Gasteiger charge is -2.29. The Bertz CT molecular complexity index is 447. The van der Waals surface area contributed by atoms with Crippen molar-refractivity contribution in [2.24, 2.45) is 11.7 Å². The zero-order chi connectivity index (χ0) is 13.8. The van der Waals surface area contributed by atoms with Crippen molar-refractivity contribution >= 4 is 5.91 Å². The van der Waals surface area contributed by atoms with Crippen LogP contribution in [-0.2, 0) is 11.3 Å². The largest absolute Gasteiger partial charge is 0.340 e. The van der Waals surface area contributed by atoms with Gasteiger partial charge in [-0.3, -0.25) is 9.78 Å². The van der Waals surface area contributed by atoms with Crippen molar-refractivity contribution in [1.82, 2.24) is 9.88 Å². The molecule has 1 fully saturated rings. The standard InChI is InChI=1S/C15H23N3O/c1-11-5-3-8-14(17-11)10-18(2)15(19)12-6-4-7-13(16)9-12/h3,5,8,12-13H,4,6-7,9-10,16H2,1-2H3. The Balaban J connectivity index is 1.95. The first-order valence-corrected chi connectivity index (χ1v) is 6.99. The van der Waals surface area contributed by atoms with Gasteiger partial charge in [-0.05, 0) is 38.3 Å². The fourth-order valence-electron chi connectivity index (χ4n) is 2.77. The smallest absolute Gasteiger partial charge is 0.225 e. The van der Waals surface area contributed by atoms with E-state index >= 15 is 0 Å². The third kappa shape index (κ3) is 3.77. The number of nitrogens with two attached hydrogens (primary N) is 1. The molecule has 19 heavy (non-hydrogen) atoms. The maximum Gasteiger partial charge on any atom is 0.225 e. The highest BCUT2D eigenvalue weighted by Gasteiger charge is 2.27. The molecule has 1 aromatic heterocycles. The molecule has 0 aliphatic heterocycles. The van der Waals surface area contributed by atoms with Crippen LogP contribution in [0.2, 0.25) is 0 Å². The summed E-state index contributed by atoms with van der Waals surface area (Å²) in [6, 6.07) is 6.09. The van der Waals surface area contributed by atoms with Gasteiger partial charge in [0.05, 0.1) is 12.2 Å². The van der Waals surface area contributed by atoms with Crippen LogP contribution in [0.15, 0.2) is 18.2 Å². The summed E-state index contributed by atoms with van der Waals surface area (Å²) in [5, 5.41) is 0. The summed E-state index contributed by atoms with van der Waals surface area (Å²) in [5.41, 5.74) is 7.88. The number of aromatic nitrogens is 1. The second-order valence-corrected chi connectivity index (χ2v) is 5.59. The van der Waals surface area contributed by atoms with Crippen molar-refractivity contribution in [2.45, 2.75) is 45.2 Å². The van der Waals surface area contributed by atoms with Crippen LogP contribution < -0.4 is 5.73 Å². The highest BCUT2D eigenvalue weighted by Crippen LogP contribution is 2.25. The summed E-state index contributed by atoms with van der Waals surface area (Å²) < 4.78 is 0. The second-order valence-electron chi connectivity index (χ2n) is 5.59. The van der Waals surface area contributed by atoms with E-state index in [1.165, 1.54) is 0 Å². The average molecular weight is 261 g/mol. The Labute approximate surface area is 115 Å². The molecule has 4 heteroatoms. The molecule has 1 aliphatic rings. The number of rotatable bonds is 3. The predicted molar refractivity (Wildman–Crippen MR) is 75.4 cm³/mol. The first-order chi connectivity index (χ1) is 9.06. The molecule has 0 radical (unpaired) electrons. The third-order valence-corrected chi connectivity index (χ3v) is 3.79. The van der Waals surface area contributed by atoms with E-state index in [0.29, 0.717) is 6.54 Å². The van der Waals surface area contributed by atoms with Crippen LogP contribution >= 0.6 is 0 Å². The van der Waals surface area contributed by atoms with Crippen LogP contribution in [0.25, 0.3) is 0 Å². The summed E-state index contributed by atoms with van der Waals surface area (Å²) in [6.45, 7) is 2.54. The van der Waals surface area contributed by atoms with Crippen LogP contribution in [0.1, 0.15) is 37.1 Å². The van der Waals surface area contributed by atoms with Gasteiger partial charge in [-0.2, -0.15) is 0 Å². The number of nitrogens with zero attached hydrogens (tertiary/aromatic N) is 2. The van der Waals surface area contributed by atoms with E-state index in [2.05, 4.69) is 4.98 Å². The summed E-state index contributed by atoms with van der Waals surface area (Å²) in [6.07, 6.45) is 3.91. The molecule has 2 unspecified atom stereocenters. The van der Waals surface area contributed by atoms with Crippen LogP contribution in [0.4, 0.5) is 0 Å². The first-order valence-electron chi connectivity index (χ1n) is 6.99. The van der Waals surface area contributed by atoms with Gasteiger partial charge in [-0.25, -0.2) is 0 Å². The van der Waals surface area contributed by atoms with E-state index in [1.807, 2.05) is 32.2 Å². The Morgan fingerprint density at radius 1 is 1.47 bits per heavy atom. The monoisotopic (exact) mass is 261 g/mol. The molecule has 2 N–H and O–H groups in total. The van der Waals surface area contributed by atoms with E-state index in [0.717, 1.165) is 37.1 Å². The fraction of sp³-hybridized carbons (Fsp3) is 0.600. The minimum atomic E-state index is 0.0959. The summed E-state index contributed by atoms with van der Waals surface area (Å²) in [4.78, 5) is 18.6. The molecule has 2 rings (SSSR count). The van der Waals surface area contributed by atoms with E-state index in [4.69, 9.17) is 5.73 Å². The molecule has 1 aliphatic carbocycles. The minimum Gasteiger partial charge on any atom is -0.340 e. The van der Waals surface area contributed by atoms with Gasteiger partial charge >= 0.3 is 0 Å². The molecular weight excluding hydrogens is 238 g/mol. The van der Waals surface area contributed by atoms with Gasteiger partial charge in [-0.1, -0.05) is 12.5 Å². The Morgan fingerprint density at radius 2 is 2.26 bits per heavy atom. The second kappa shape index (κ2) is 6.15. The summed E-state index contributed by atoms with van der Waals surface area (Å²) >= 11 is 0. The Kier molecular flexibility index (Phi) is 4.53. The molecule has 1 saturated carbocycles. The SMILES string of the molecule is Cc1cccc(CN(C)C(=O)C2CCCC(N)C2)n1. The van der Waals surface area contributed by atoms with Gasteiger partial charge in [0.15, 0.2) is 0 Å². The molecule has 0 spiro atoms. The van der Waals surface area contributed by atoms with Gasteiger partial charge in [0.2, 0.25) is 5.91 Å². The van der Waals surface area contributed by atoms with E-state index in [9.17, 15) is 4.79 Å². The molecular formula is C15H23N3O. The quantitative estimate of drug-likeness (QED) is 0.903. The van der Waals surface area contributed by atoms with Crippen molar-refractivity contribution in [2.75, 3.05) is 7.05 Å². The molecule has 0 aromatic carbocycles. The van der Waals surface area contributed by atoms with Crippen molar-refractivity contribution in [3.05, 3.63) is 29.6 Å². The highest BCUT2D eigenvalue weighted by molar-refractivity contribution is 5.78. The lowest BCUT2D eigenvalue weighted by Crippen LogP contribution is -2.38. The Hall–Kier alpha value is -1.42. The number of amides is 1. The average Bonchev–Trinajstić information content (AvgIpc) is 2.38. The number of hydrogen-bond donors (Lipinski definition) is 1. The lowest BCUT2D eigenvalue weighted by molar-refractivity contribution is -0.136. The fourth-order valence-corrected chi connectivity index (χ4v) is 2.77. The van der Waals surface area contributed by atoms with Crippen molar-refractivity contribution in [1.29, 1.82) is 0 Å². The topological polar surface area (TPSA) is 59.2 Å². The number of carbonyl (C=O) groups is 1. The van der Waals surface area contributed by atoms with Crippen LogP contribution in [0.5, 0.6) is 0 Å². The maximum absolute atomic E-state index is 12.4. The number of hydrogen-bond acceptors (Lipinski definition) is 3. The van der Waals surface area contributed by atoms with E-state index in [-0.39, 0.29) is 17.9 Å². The van der Waals surface area contributed by atoms with Crippen molar-refractivity contribution < 1.29 is 4.79 Å². The summed E-state index contributed by atoms with van der Waals surface area (Å²) in [7, 11) is 1.85. The van der Waals surface area contributed by atoms with E-state index in [1.54, 1.807) is 4.90 Å². The molecule has 0 bridgehead atoms. The first kappa shape index (κ1) is 14.0. The third-order valence-electron chi connectivity index (χ3n) is 3.79. The summed E-state index contributed by atoms with van der Waals surface area (Å²) in [5.74, 6) is 0.303. The zero-order valence-electron chi connectivity index (χ0n) is 11.8. The zero-order valence-corrected chi connectivity index (χ0v) is 11.8. The van der Waals surface area contributed by atoms with Gasteiger partial charge in [0, 0.05) is 24.7 Å². The van der Waals surface area contributed by atoms with Crippen LogP contribution in [0.3, 0.4) is 0 Å². The molecule has 104 valence electrons. The van der Waals surface area contributed by atoms with Gasteiger partial charge in [0.25, 0.3) is 0 Å². The molecule has 1 amide bonds. The van der Waals surface area contributed by atoms with Crippen molar-refractivity contribution in [3.8, 4) is 0 Å².